The average Bonchev–Trinajstić information content (AvgIpc) is 2.61. The molecule has 0 aliphatic rings. The van der Waals surface area contributed by atoms with Crippen LogP contribution in [0.1, 0.15) is 25.1 Å². The predicted molar refractivity (Wildman–Crippen MR) is 68.6 cm³/mol. The van der Waals surface area contributed by atoms with Crippen molar-refractivity contribution in [2.24, 2.45) is 11.1 Å². The van der Waals surface area contributed by atoms with Crippen LogP contribution in [0.3, 0.4) is 0 Å². The normalized spacial score (nSPS) is 11.5. The van der Waals surface area contributed by atoms with Crippen LogP contribution in [0, 0.1) is 5.41 Å². The second-order valence-electron chi connectivity index (χ2n) is 4.53. The van der Waals surface area contributed by atoms with E-state index in [0.717, 1.165) is 9.21 Å². The molecule has 3 N–H and O–H groups in total. The zero-order valence-corrected chi connectivity index (χ0v) is 11.1. The fourth-order valence-corrected chi connectivity index (χ4v) is 2.23. The molecule has 1 heterocycles. The molecule has 0 aliphatic heterocycles. The van der Waals surface area contributed by atoms with Gasteiger partial charge in [-0.25, -0.2) is 0 Å². The molecule has 0 aromatic carbocycles. The van der Waals surface area contributed by atoms with Gasteiger partial charge in [0, 0.05) is 11.3 Å². The van der Waals surface area contributed by atoms with Gasteiger partial charge in [0.1, 0.15) is 0 Å². The van der Waals surface area contributed by atoms with Crippen LogP contribution in [-0.4, -0.2) is 12.5 Å². The van der Waals surface area contributed by atoms with Crippen LogP contribution in [-0.2, 0) is 11.3 Å². The molecule has 0 spiro atoms. The van der Waals surface area contributed by atoms with E-state index >= 15 is 0 Å². The minimum Gasteiger partial charge on any atom is -0.351 e. The van der Waals surface area contributed by atoms with Crippen molar-refractivity contribution in [1.82, 2.24) is 5.32 Å². The van der Waals surface area contributed by atoms with Crippen LogP contribution in [0.15, 0.2) is 12.1 Å². The quantitative estimate of drug-likeness (QED) is 0.854. The minimum atomic E-state index is -0.142. The van der Waals surface area contributed by atoms with E-state index in [0.29, 0.717) is 19.5 Å². The average molecular weight is 261 g/mol. The van der Waals surface area contributed by atoms with Gasteiger partial charge in [-0.05, 0) is 24.1 Å². The lowest BCUT2D eigenvalue weighted by atomic mass is 9.89. The second kappa shape index (κ2) is 5.66. The van der Waals surface area contributed by atoms with Crippen LogP contribution < -0.4 is 11.1 Å². The lowest BCUT2D eigenvalue weighted by molar-refractivity contribution is -0.123. The van der Waals surface area contributed by atoms with Crippen molar-refractivity contribution in [3.63, 3.8) is 0 Å². The molecule has 16 heavy (non-hydrogen) atoms. The van der Waals surface area contributed by atoms with Crippen molar-refractivity contribution in [3.05, 3.63) is 21.3 Å². The second-order valence-corrected chi connectivity index (χ2v) is 6.33. The molecule has 1 aromatic heterocycles. The van der Waals surface area contributed by atoms with Crippen molar-refractivity contribution < 1.29 is 4.79 Å². The molecule has 0 fully saturated rings. The Balaban J connectivity index is 2.36. The molecule has 0 unspecified atom stereocenters. The first-order chi connectivity index (χ1) is 7.43. The summed E-state index contributed by atoms with van der Waals surface area (Å²) in [5, 5.41) is 2.86. The number of amides is 1. The van der Waals surface area contributed by atoms with Gasteiger partial charge < -0.3 is 11.1 Å². The van der Waals surface area contributed by atoms with Gasteiger partial charge in [-0.3, -0.25) is 4.79 Å². The summed E-state index contributed by atoms with van der Waals surface area (Å²) in [6.45, 7) is 5.01. The van der Waals surface area contributed by atoms with Crippen LogP contribution in [0.4, 0.5) is 0 Å². The first kappa shape index (κ1) is 13.5. The van der Waals surface area contributed by atoms with E-state index in [1.54, 1.807) is 0 Å². The zero-order valence-electron chi connectivity index (χ0n) is 9.55. The number of hydrogen-bond acceptors (Lipinski definition) is 3. The molecule has 5 heteroatoms. The molecule has 0 radical (unpaired) electrons. The molecule has 1 amide bonds. The Bertz CT molecular complexity index is 363. The van der Waals surface area contributed by atoms with Gasteiger partial charge in [-0.15, -0.1) is 11.3 Å². The minimum absolute atomic E-state index is 0.0278. The van der Waals surface area contributed by atoms with Crippen molar-refractivity contribution in [2.75, 3.05) is 6.54 Å². The lowest BCUT2D eigenvalue weighted by Crippen LogP contribution is -2.32. The van der Waals surface area contributed by atoms with Crippen molar-refractivity contribution >= 4 is 28.8 Å². The fraction of sp³-hybridized carbons (Fsp3) is 0.545. The number of rotatable bonds is 5. The van der Waals surface area contributed by atoms with E-state index in [1.807, 2.05) is 26.0 Å². The Hall–Kier alpha value is -0.580. The van der Waals surface area contributed by atoms with Gasteiger partial charge >= 0.3 is 0 Å². The van der Waals surface area contributed by atoms with Gasteiger partial charge in [0.15, 0.2) is 0 Å². The highest BCUT2D eigenvalue weighted by Crippen LogP contribution is 2.21. The van der Waals surface area contributed by atoms with E-state index in [9.17, 15) is 4.79 Å². The molecule has 90 valence electrons. The number of thiophene rings is 1. The maximum atomic E-state index is 11.6. The number of hydrogen-bond donors (Lipinski definition) is 2. The van der Waals surface area contributed by atoms with Gasteiger partial charge in [-0.1, -0.05) is 25.4 Å². The van der Waals surface area contributed by atoms with E-state index in [-0.39, 0.29) is 11.3 Å². The monoisotopic (exact) mass is 260 g/mol. The highest BCUT2D eigenvalue weighted by molar-refractivity contribution is 7.16. The van der Waals surface area contributed by atoms with E-state index in [2.05, 4.69) is 5.32 Å². The molecule has 1 aromatic rings. The number of nitrogens with two attached hydrogens (primary N) is 1. The van der Waals surface area contributed by atoms with Crippen LogP contribution >= 0.6 is 22.9 Å². The standard InChI is InChI=1S/C11H17ClN2OS/c1-11(2,7-13)5-10(15)14-6-8-3-4-9(12)16-8/h3-4H,5-7,13H2,1-2H3,(H,14,15). The van der Waals surface area contributed by atoms with Gasteiger partial charge in [-0.2, -0.15) is 0 Å². The van der Waals surface area contributed by atoms with Gasteiger partial charge in [0.05, 0.1) is 10.9 Å². The van der Waals surface area contributed by atoms with E-state index in [1.165, 1.54) is 11.3 Å². The molecule has 0 saturated carbocycles. The molecule has 0 bridgehead atoms. The summed E-state index contributed by atoms with van der Waals surface area (Å²) in [7, 11) is 0. The van der Waals surface area contributed by atoms with Gasteiger partial charge in [0.2, 0.25) is 5.91 Å². The summed E-state index contributed by atoms with van der Waals surface area (Å²) in [5.41, 5.74) is 5.43. The SMILES string of the molecule is CC(C)(CN)CC(=O)NCc1ccc(Cl)s1. The van der Waals surface area contributed by atoms with Crippen LogP contribution in [0.5, 0.6) is 0 Å². The number of halogens is 1. The van der Waals surface area contributed by atoms with Crippen molar-refractivity contribution in [3.8, 4) is 0 Å². The summed E-state index contributed by atoms with van der Waals surface area (Å²) < 4.78 is 0.742. The lowest BCUT2D eigenvalue weighted by Gasteiger charge is -2.21. The summed E-state index contributed by atoms with van der Waals surface area (Å²) in [6.07, 6.45) is 0.447. The maximum Gasteiger partial charge on any atom is 0.220 e. The topological polar surface area (TPSA) is 55.1 Å². The Morgan fingerprint density at radius 3 is 2.75 bits per heavy atom. The molecule has 0 saturated heterocycles. The third-order valence-corrected chi connectivity index (χ3v) is 3.51. The number of carbonyl (C=O) groups is 1. The third-order valence-electron chi connectivity index (χ3n) is 2.28. The third kappa shape index (κ3) is 4.51. The summed E-state index contributed by atoms with van der Waals surface area (Å²) in [5.74, 6) is 0.0278. The molecule has 0 aliphatic carbocycles. The first-order valence-corrected chi connectivity index (χ1v) is 6.33. The molecular formula is C11H17ClN2OS. The summed E-state index contributed by atoms with van der Waals surface area (Å²) >= 11 is 7.27. The Morgan fingerprint density at radius 2 is 2.25 bits per heavy atom. The van der Waals surface area contributed by atoms with Crippen molar-refractivity contribution in [1.29, 1.82) is 0 Å². The number of nitrogens with one attached hydrogen (secondary N) is 1. The number of carbonyl (C=O) groups excluding carboxylic acids is 1. The van der Waals surface area contributed by atoms with Crippen LogP contribution in [0.2, 0.25) is 4.34 Å². The summed E-state index contributed by atoms with van der Waals surface area (Å²) in [6, 6.07) is 3.75. The summed E-state index contributed by atoms with van der Waals surface area (Å²) in [4.78, 5) is 12.7. The molecule has 0 atom stereocenters. The van der Waals surface area contributed by atoms with E-state index in [4.69, 9.17) is 17.3 Å². The largest absolute Gasteiger partial charge is 0.351 e. The van der Waals surface area contributed by atoms with Crippen molar-refractivity contribution in [2.45, 2.75) is 26.8 Å². The van der Waals surface area contributed by atoms with Gasteiger partial charge in [0.25, 0.3) is 0 Å². The van der Waals surface area contributed by atoms with Crippen LogP contribution in [0.25, 0.3) is 0 Å². The first-order valence-electron chi connectivity index (χ1n) is 5.14. The highest BCUT2D eigenvalue weighted by Gasteiger charge is 2.19. The zero-order chi connectivity index (χ0) is 12.2. The smallest absolute Gasteiger partial charge is 0.220 e. The fourth-order valence-electron chi connectivity index (χ4n) is 1.20. The Morgan fingerprint density at radius 1 is 1.56 bits per heavy atom. The highest BCUT2D eigenvalue weighted by atomic mass is 35.5. The molecule has 1 rings (SSSR count). The molecular weight excluding hydrogens is 244 g/mol. The maximum absolute atomic E-state index is 11.6. The predicted octanol–water partition coefficient (Wildman–Crippen LogP) is 2.39. The Kier molecular flexibility index (Phi) is 4.77. The van der Waals surface area contributed by atoms with E-state index < -0.39 is 0 Å². The molecule has 3 nitrogen and oxygen atoms in total. The Labute approximate surface area is 105 Å².